The Morgan fingerprint density at radius 3 is 2.07 bits per heavy atom. The Balaban J connectivity index is 0.000000921. The lowest BCUT2D eigenvalue weighted by Gasteiger charge is -2.14. The van der Waals surface area contributed by atoms with Gasteiger partial charge in [-0.05, 0) is 13.3 Å². The molecule has 0 spiro atoms. The first-order chi connectivity index (χ1) is 7.11. The van der Waals surface area contributed by atoms with Crippen molar-refractivity contribution in [1.82, 2.24) is 0 Å². The molecule has 0 saturated carbocycles. The molecule has 3 heteroatoms. The maximum Gasteiger partial charge on any atom is 0.465 e. The summed E-state index contributed by atoms with van der Waals surface area (Å²) in [6, 6.07) is 9.77. The summed E-state index contributed by atoms with van der Waals surface area (Å²) >= 11 is 5.73. The van der Waals surface area contributed by atoms with E-state index in [1.807, 2.05) is 58.0 Å². The highest BCUT2D eigenvalue weighted by molar-refractivity contribution is 7.74. The number of benzene rings is 1. The van der Waals surface area contributed by atoms with Crippen LogP contribution in [0.25, 0.3) is 0 Å². The van der Waals surface area contributed by atoms with Crippen molar-refractivity contribution in [1.29, 1.82) is 0 Å². The van der Waals surface area contributed by atoms with E-state index in [0.29, 0.717) is 0 Å². The average Bonchev–Trinajstić information content (AvgIpc) is 2.31. The first-order valence-electron chi connectivity index (χ1n) is 5.30. The molecule has 0 aromatic heterocycles. The van der Waals surface area contributed by atoms with E-state index in [9.17, 15) is 4.57 Å². The van der Waals surface area contributed by atoms with Crippen LogP contribution in [0.5, 0.6) is 0 Å². The molecular weight excluding hydrogens is 227 g/mol. The van der Waals surface area contributed by atoms with Gasteiger partial charge in [0.05, 0.1) is 0 Å². The maximum absolute atomic E-state index is 11.4. The third-order valence-corrected chi connectivity index (χ3v) is 4.94. The lowest BCUT2D eigenvalue weighted by Crippen LogP contribution is -2.13. The van der Waals surface area contributed by atoms with Crippen LogP contribution in [-0.2, 0) is 9.72 Å². The van der Waals surface area contributed by atoms with Crippen LogP contribution in [0.3, 0.4) is 0 Å². The molecule has 0 fully saturated rings. The molecular formula is C12H19ClOP+. The van der Waals surface area contributed by atoms with E-state index in [0.717, 1.165) is 12.0 Å². The van der Waals surface area contributed by atoms with E-state index in [4.69, 9.17) is 11.2 Å². The first kappa shape index (κ1) is 14.6. The predicted octanol–water partition coefficient (Wildman–Crippen LogP) is 5.32. The van der Waals surface area contributed by atoms with Crippen molar-refractivity contribution < 1.29 is 4.57 Å². The maximum atomic E-state index is 11.4. The van der Waals surface area contributed by atoms with Gasteiger partial charge >= 0.3 is 7.15 Å². The lowest BCUT2D eigenvalue weighted by molar-refractivity contribution is 0.552. The molecule has 1 aromatic carbocycles. The number of halogens is 1. The standard InChI is InChI=1S/C10H13ClOP.C2H6/c1-3-10(2,13(11)12)9-7-5-4-6-8-9;1-2/h4-8H,3H2,1-2H3;1-2H3/q+1;. The minimum Gasteiger partial charge on any atom is -0.0683 e. The highest BCUT2D eigenvalue weighted by Gasteiger charge is 2.43. The summed E-state index contributed by atoms with van der Waals surface area (Å²) in [5.41, 5.74) is 1.05. The van der Waals surface area contributed by atoms with Crippen molar-refractivity contribution in [2.45, 2.75) is 39.3 Å². The summed E-state index contributed by atoms with van der Waals surface area (Å²) in [6.07, 6.45) is 0.787. The molecule has 2 unspecified atom stereocenters. The molecule has 0 aliphatic carbocycles. The fourth-order valence-electron chi connectivity index (χ4n) is 1.23. The quantitative estimate of drug-likeness (QED) is 0.659. The Morgan fingerprint density at radius 2 is 1.73 bits per heavy atom. The smallest absolute Gasteiger partial charge is 0.0683 e. The van der Waals surface area contributed by atoms with Crippen molar-refractivity contribution in [3.63, 3.8) is 0 Å². The molecule has 1 nitrogen and oxygen atoms in total. The molecule has 0 heterocycles. The molecule has 0 aliphatic rings. The summed E-state index contributed by atoms with van der Waals surface area (Å²) < 4.78 is 11.4. The fraction of sp³-hybridized carbons (Fsp3) is 0.500. The summed E-state index contributed by atoms with van der Waals surface area (Å²) in [7, 11) is -1.70. The summed E-state index contributed by atoms with van der Waals surface area (Å²) in [6.45, 7) is 7.94. The Bertz CT molecular complexity index is 300. The second kappa shape index (κ2) is 6.98. The molecule has 1 rings (SSSR count). The zero-order chi connectivity index (χ0) is 11.9. The van der Waals surface area contributed by atoms with E-state index in [-0.39, 0.29) is 0 Å². The van der Waals surface area contributed by atoms with E-state index in [1.165, 1.54) is 0 Å². The van der Waals surface area contributed by atoms with Crippen molar-refractivity contribution >= 4 is 18.4 Å². The summed E-state index contributed by atoms with van der Waals surface area (Å²) in [4.78, 5) is 0. The van der Waals surface area contributed by atoms with Crippen molar-refractivity contribution in [3.05, 3.63) is 35.9 Å². The Kier molecular flexibility index (Phi) is 6.80. The summed E-state index contributed by atoms with van der Waals surface area (Å²) in [5, 5.41) is -0.391. The molecule has 0 radical (unpaired) electrons. The zero-order valence-corrected chi connectivity index (χ0v) is 11.5. The van der Waals surface area contributed by atoms with Gasteiger partial charge in [0.1, 0.15) is 0 Å². The van der Waals surface area contributed by atoms with Crippen LogP contribution >= 0.6 is 18.4 Å². The van der Waals surface area contributed by atoms with Gasteiger partial charge in [-0.15, -0.1) is 0 Å². The van der Waals surface area contributed by atoms with Crippen LogP contribution < -0.4 is 0 Å². The van der Waals surface area contributed by atoms with Gasteiger partial charge in [0.25, 0.3) is 0 Å². The van der Waals surface area contributed by atoms with Crippen LogP contribution in [0.2, 0.25) is 0 Å². The van der Waals surface area contributed by atoms with Gasteiger partial charge in [0.2, 0.25) is 16.4 Å². The molecule has 0 amide bonds. The molecule has 2 atom stereocenters. The molecule has 1 aromatic rings. The number of hydrogen-bond acceptors (Lipinski definition) is 1. The third kappa shape index (κ3) is 3.59. The predicted molar refractivity (Wildman–Crippen MR) is 68.9 cm³/mol. The highest BCUT2D eigenvalue weighted by Crippen LogP contribution is 2.52. The van der Waals surface area contributed by atoms with Crippen molar-refractivity contribution in [2.75, 3.05) is 0 Å². The molecule has 0 N–H and O–H groups in total. The minimum absolute atomic E-state index is 0.391. The van der Waals surface area contributed by atoms with Crippen LogP contribution in [0, 0.1) is 0 Å². The molecule has 0 saturated heterocycles. The Labute approximate surface area is 98.4 Å². The Morgan fingerprint density at radius 1 is 1.27 bits per heavy atom. The highest BCUT2D eigenvalue weighted by atomic mass is 35.7. The molecule has 15 heavy (non-hydrogen) atoms. The van der Waals surface area contributed by atoms with Gasteiger partial charge in [0, 0.05) is 5.56 Å². The van der Waals surface area contributed by atoms with E-state index >= 15 is 0 Å². The summed E-state index contributed by atoms with van der Waals surface area (Å²) in [5.74, 6) is 0. The SMILES string of the molecule is CC.CCC(C)(c1ccccc1)[P+](=O)Cl. The zero-order valence-electron chi connectivity index (χ0n) is 9.83. The Hall–Kier alpha value is -0.390. The third-order valence-electron chi connectivity index (χ3n) is 2.47. The first-order valence-corrected chi connectivity index (χ1v) is 7.46. The number of rotatable bonds is 3. The second-order valence-corrected chi connectivity index (χ2v) is 5.64. The molecule has 0 aliphatic heterocycles. The van der Waals surface area contributed by atoms with Gasteiger partial charge < -0.3 is 0 Å². The van der Waals surface area contributed by atoms with Crippen LogP contribution in [0.15, 0.2) is 30.3 Å². The van der Waals surface area contributed by atoms with Gasteiger partial charge in [-0.1, -0.05) is 55.7 Å². The van der Waals surface area contributed by atoms with Crippen LogP contribution in [0.4, 0.5) is 0 Å². The normalized spacial score (nSPS) is 14.6. The van der Waals surface area contributed by atoms with Gasteiger partial charge in [-0.3, -0.25) is 0 Å². The average molecular weight is 246 g/mol. The van der Waals surface area contributed by atoms with Gasteiger partial charge in [0.15, 0.2) is 0 Å². The minimum atomic E-state index is -1.70. The lowest BCUT2D eigenvalue weighted by atomic mass is 9.98. The van der Waals surface area contributed by atoms with Crippen molar-refractivity contribution in [2.24, 2.45) is 0 Å². The van der Waals surface area contributed by atoms with E-state index < -0.39 is 12.3 Å². The molecule has 84 valence electrons. The number of hydrogen-bond donors (Lipinski definition) is 0. The topological polar surface area (TPSA) is 17.1 Å². The second-order valence-electron chi connectivity index (χ2n) is 3.24. The monoisotopic (exact) mass is 245 g/mol. The van der Waals surface area contributed by atoms with Crippen LogP contribution in [0.1, 0.15) is 39.7 Å². The van der Waals surface area contributed by atoms with Gasteiger partial charge in [-0.25, -0.2) is 0 Å². The van der Waals surface area contributed by atoms with E-state index in [1.54, 1.807) is 0 Å². The van der Waals surface area contributed by atoms with Crippen molar-refractivity contribution in [3.8, 4) is 0 Å². The fourth-order valence-corrected chi connectivity index (χ4v) is 2.48. The van der Waals surface area contributed by atoms with Crippen LogP contribution in [-0.4, -0.2) is 0 Å². The molecule has 0 bridgehead atoms. The van der Waals surface area contributed by atoms with Gasteiger partial charge in [-0.2, -0.15) is 0 Å². The largest absolute Gasteiger partial charge is 0.465 e. The van der Waals surface area contributed by atoms with E-state index in [2.05, 4.69) is 0 Å².